The Morgan fingerprint density at radius 2 is 1.78 bits per heavy atom. The molecule has 3 aromatic rings. The molecular formula is C22H19N3O2. The smallest absolute Gasteiger partial charge is 0.246 e. The molecule has 0 aromatic heterocycles. The number of carbonyl (C=O) groups excluding carboxylic acids is 2. The van der Waals surface area contributed by atoms with E-state index in [1.54, 1.807) is 31.2 Å². The van der Waals surface area contributed by atoms with E-state index in [2.05, 4.69) is 10.6 Å². The number of rotatable bonds is 5. The van der Waals surface area contributed by atoms with E-state index in [4.69, 9.17) is 5.26 Å². The maximum atomic E-state index is 12.4. The first-order valence-electron chi connectivity index (χ1n) is 8.64. The van der Waals surface area contributed by atoms with Crippen molar-refractivity contribution in [1.29, 1.82) is 5.26 Å². The highest BCUT2D eigenvalue weighted by atomic mass is 16.2. The predicted octanol–water partition coefficient (Wildman–Crippen LogP) is 3.40. The Morgan fingerprint density at radius 1 is 1.04 bits per heavy atom. The predicted molar refractivity (Wildman–Crippen MR) is 105 cm³/mol. The number of nitrogens with one attached hydrogen (secondary N) is 2. The molecular weight excluding hydrogens is 338 g/mol. The lowest BCUT2D eigenvalue weighted by molar-refractivity contribution is -0.125. The first-order chi connectivity index (χ1) is 13.1. The molecule has 5 heteroatoms. The van der Waals surface area contributed by atoms with Crippen LogP contribution in [0.2, 0.25) is 0 Å². The van der Waals surface area contributed by atoms with Gasteiger partial charge < -0.3 is 10.6 Å². The minimum atomic E-state index is -0.696. The van der Waals surface area contributed by atoms with Crippen molar-refractivity contribution in [3.8, 4) is 6.07 Å². The van der Waals surface area contributed by atoms with Crippen LogP contribution in [0, 0.1) is 11.3 Å². The average Bonchev–Trinajstić information content (AvgIpc) is 2.68. The SMILES string of the molecule is C[C@H](NC(=O)Cc1cccc2ccccc12)C(=O)Nc1cccc(C#N)c1. The average molecular weight is 357 g/mol. The Morgan fingerprint density at radius 3 is 2.59 bits per heavy atom. The summed E-state index contributed by atoms with van der Waals surface area (Å²) in [6.45, 7) is 1.63. The van der Waals surface area contributed by atoms with Crippen molar-refractivity contribution in [2.45, 2.75) is 19.4 Å². The second-order valence-corrected chi connectivity index (χ2v) is 6.29. The van der Waals surface area contributed by atoms with Gasteiger partial charge in [-0.2, -0.15) is 5.26 Å². The summed E-state index contributed by atoms with van der Waals surface area (Å²) in [4.78, 5) is 24.7. The lowest BCUT2D eigenvalue weighted by Crippen LogP contribution is -2.42. The van der Waals surface area contributed by atoms with Crippen molar-refractivity contribution < 1.29 is 9.59 Å². The monoisotopic (exact) mass is 357 g/mol. The van der Waals surface area contributed by atoms with Crippen LogP contribution in [0.15, 0.2) is 66.7 Å². The third-order valence-electron chi connectivity index (χ3n) is 4.26. The quantitative estimate of drug-likeness (QED) is 0.734. The van der Waals surface area contributed by atoms with Gasteiger partial charge in [-0.05, 0) is 41.5 Å². The fraction of sp³-hybridized carbons (Fsp3) is 0.136. The van der Waals surface area contributed by atoms with Gasteiger partial charge in [0.1, 0.15) is 6.04 Å². The van der Waals surface area contributed by atoms with Gasteiger partial charge in [0.25, 0.3) is 0 Å². The lowest BCUT2D eigenvalue weighted by Gasteiger charge is -2.15. The topological polar surface area (TPSA) is 82.0 Å². The summed E-state index contributed by atoms with van der Waals surface area (Å²) in [5.74, 6) is -0.559. The van der Waals surface area contributed by atoms with Crippen LogP contribution in [-0.4, -0.2) is 17.9 Å². The van der Waals surface area contributed by atoms with Crippen LogP contribution in [0.1, 0.15) is 18.1 Å². The molecule has 0 fully saturated rings. The minimum Gasteiger partial charge on any atom is -0.344 e. The van der Waals surface area contributed by atoms with Gasteiger partial charge in [0.15, 0.2) is 0 Å². The number of carbonyl (C=O) groups is 2. The van der Waals surface area contributed by atoms with Crippen LogP contribution < -0.4 is 10.6 Å². The van der Waals surface area contributed by atoms with Crippen LogP contribution in [0.25, 0.3) is 10.8 Å². The van der Waals surface area contributed by atoms with Crippen LogP contribution >= 0.6 is 0 Å². The molecule has 5 nitrogen and oxygen atoms in total. The molecule has 0 saturated carbocycles. The highest BCUT2D eigenvalue weighted by Crippen LogP contribution is 2.19. The van der Waals surface area contributed by atoms with Gasteiger partial charge in [0.2, 0.25) is 11.8 Å². The van der Waals surface area contributed by atoms with E-state index >= 15 is 0 Å². The van der Waals surface area contributed by atoms with Crippen molar-refractivity contribution in [2.24, 2.45) is 0 Å². The van der Waals surface area contributed by atoms with E-state index in [0.29, 0.717) is 11.3 Å². The Kier molecular flexibility index (Phi) is 5.48. The molecule has 0 aliphatic carbocycles. The second-order valence-electron chi connectivity index (χ2n) is 6.29. The van der Waals surface area contributed by atoms with Gasteiger partial charge >= 0.3 is 0 Å². The van der Waals surface area contributed by atoms with Gasteiger partial charge in [-0.15, -0.1) is 0 Å². The molecule has 3 rings (SSSR count). The molecule has 3 aromatic carbocycles. The maximum absolute atomic E-state index is 12.4. The molecule has 0 bridgehead atoms. The van der Waals surface area contributed by atoms with Gasteiger partial charge in [-0.3, -0.25) is 9.59 Å². The molecule has 0 unspecified atom stereocenters. The summed E-state index contributed by atoms with van der Waals surface area (Å²) in [5.41, 5.74) is 1.90. The van der Waals surface area contributed by atoms with Crippen LogP contribution in [0.4, 0.5) is 5.69 Å². The molecule has 2 N–H and O–H groups in total. The van der Waals surface area contributed by atoms with Gasteiger partial charge in [-0.1, -0.05) is 48.5 Å². The molecule has 0 spiro atoms. The van der Waals surface area contributed by atoms with Crippen molar-refractivity contribution in [3.63, 3.8) is 0 Å². The molecule has 27 heavy (non-hydrogen) atoms. The normalized spacial score (nSPS) is 11.4. The number of anilines is 1. The minimum absolute atomic E-state index is 0.197. The van der Waals surface area contributed by atoms with Crippen molar-refractivity contribution in [3.05, 3.63) is 77.9 Å². The molecule has 0 aliphatic rings. The van der Waals surface area contributed by atoms with Crippen molar-refractivity contribution in [1.82, 2.24) is 5.32 Å². The molecule has 134 valence electrons. The molecule has 2 amide bonds. The summed E-state index contributed by atoms with van der Waals surface area (Å²) >= 11 is 0. The molecule has 1 atom stereocenters. The van der Waals surface area contributed by atoms with Crippen LogP contribution in [0.5, 0.6) is 0 Å². The third kappa shape index (κ3) is 4.50. The Hall–Kier alpha value is -3.65. The maximum Gasteiger partial charge on any atom is 0.246 e. The number of hydrogen-bond acceptors (Lipinski definition) is 3. The van der Waals surface area contributed by atoms with Crippen molar-refractivity contribution in [2.75, 3.05) is 5.32 Å². The van der Waals surface area contributed by atoms with Crippen molar-refractivity contribution >= 4 is 28.3 Å². The molecule has 0 saturated heterocycles. The van der Waals surface area contributed by atoms with Gasteiger partial charge in [-0.25, -0.2) is 0 Å². The summed E-state index contributed by atoms with van der Waals surface area (Å²) < 4.78 is 0. The highest BCUT2D eigenvalue weighted by Gasteiger charge is 2.16. The largest absolute Gasteiger partial charge is 0.344 e. The number of hydrogen-bond donors (Lipinski definition) is 2. The fourth-order valence-electron chi connectivity index (χ4n) is 2.89. The number of amides is 2. The molecule has 0 heterocycles. The zero-order chi connectivity index (χ0) is 19.2. The molecule has 0 radical (unpaired) electrons. The second kappa shape index (κ2) is 8.15. The summed E-state index contributed by atoms with van der Waals surface area (Å²) in [7, 11) is 0. The zero-order valence-corrected chi connectivity index (χ0v) is 14.9. The number of nitriles is 1. The Labute approximate surface area is 157 Å². The van der Waals surface area contributed by atoms with E-state index in [9.17, 15) is 9.59 Å². The van der Waals surface area contributed by atoms with E-state index in [0.717, 1.165) is 16.3 Å². The number of benzene rings is 3. The lowest BCUT2D eigenvalue weighted by atomic mass is 10.0. The van der Waals surface area contributed by atoms with E-state index in [1.165, 1.54) is 0 Å². The van der Waals surface area contributed by atoms with Crippen LogP contribution in [-0.2, 0) is 16.0 Å². The third-order valence-corrected chi connectivity index (χ3v) is 4.26. The summed E-state index contributed by atoms with van der Waals surface area (Å²) in [6.07, 6.45) is 0.197. The summed E-state index contributed by atoms with van der Waals surface area (Å²) in [6, 6.07) is 21.7. The zero-order valence-electron chi connectivity index (χ0n) is 14.9. The molecule has 0 aliphatic heterocycles. The fourth-order valence-corrected chi connectivity index (χ4v) is 2.89. The first-order valence-corrected chi connectivity index (χ1v) is 8.64. The standard InChI is InChI=1S/C22H19N3O2/c1-15(22(27)25-19-10-4-6-16(12-19)14-23)24-21(26)13-18-9-5-8-17-7-2-3-11-20(17)18/h2-12,15H,13H2,1H3,(H,24,26)(H,25,27)/t15-/m0/s1. The Balaban J connectivity index is 1.63. The van der Waals surface area contributed by atoms with Crippen LogP contribution in [0.3, 0.4) is 0 Å². The summed E-state index contributed by atoms with van der Waals surface area (Å²) in [5, 5.41) is 16.5. The number of nitrogens with zero attached hydrogens (tertiary/aromatic N) is 1. The van der Waals surface area contributed by atoms with E-state index in [1.807, 2.05) is 48.5 Å². The Bertz CT molecular complexity index is 1030. The van der Waals surface area contributed by atoms with E-state index < -0.39 is 6.04 Å². The van der Waals surface area contributed by atoms with Gasteiger partial charge in [0, 0.05) is 5.69 Å². The highest BCUT2D eigenvalue weighted by molar-refractivity contribution is 5.98. The van der Waals surface area contributed by atoms with Gasteiger partial charge in [0.05, 0.1) is 18.1 Å². The van der Waals surface area contributed by atoms with E-state index in [-0.39, 0.29) is 18.2 Å². The first kappa shape index (κ1) is 18.2. The number of fused-ring (bicyclic) bond motifs is 1.